The highest BCUT2D eigenvalue weighted by atomic mass is 16.5. The van der Waals surface area contributed by atoms with Crippen LogP contribution in [-0.2, 0) is 28.7 Å². The fraction of sp³-hybridized carbons (Fsp3) is 0.688. The summed E-state index contributed by atoms with van der Waals surface area (Å²) in [5.74, 6) is -3.11. The lowest BCUT2D eigenvalue weighted by Gasteiger charge is -2.19. The van der Waals surface area contributed by atoms with Crippen molar-refractivity contribution >= 4 is 29.6 Å². The van der Waals surface area contributed by atoms with E-state index < -0.39 is 25.0 Å². The number of nitrogens with zero attached hydrogens (tertiary/aromatic N) is 1. The Hall–Kier alpha value is -2.45. The molecule has 2 aliphatic rings. The quantitative estimate of drug-likeness (QED) is 0.445. The Labute approximate surface area is 145 Å². The van der Waals surface area contributed by atoms with Gasteiger partial charge in [0.2, 0.25) is 17.7 Å². The van der Waals surface area contributed by atoms with E-state index in [2.05, 4.69) is 10.6 Å². The largest absolute Gasteiger partial charge is 0.454 e. The Morgan fingerprint density at radius 1 is 1.04 bits per heavy atom. The van der Waals surface area contributed by atoms with Crippen LogP contribution in [0.5, 0.6) is 0 Å². The number of carbonyl (C=O) groups is 5. The minimum Gasteiger partial charge on any atom is -0.454 e. The van der Waals surface area contributed by atoms with Crippen molar-refractivity contribution in [1.29, 1.82) is 0 Å². The number of imide groups is 1. The van der Waals surface area contributed by atoms with Crippen LogP contribution in [-0.4, -0.2) is 60.7 Å². The minimum atomic E-state index is -0.825. The third kappa shape index (κ3) is 4.77. The van der Waals surface area contributed by atoms with Crippen LogP contribution in [0.2, 0.25) is 0 Å². The van der Waals surface area contributed by atoms with Crippen molar-refractivity contribution in [3.8, 4) is 0 Å². The van der Waals surface area contributed by atoms with Gasteiger partial charge in [0.1, 0.15) is 6.54 Å². The molecular weight excluding hydrogens is 330 g/mol. The first kappa shape index (κ1) is 18.9. The number of likely N-dealkylation sites (tertiary alicyclic amines) is 1. The summed E-state index contributed by atoms with van der Waals surface area (Å²) in [5, 5.41) is 4.80. The van der Waals surface area contributed by atoms with E-state index in [1.54, 1.807) is 6.92 Å². The first-order valence-corrected chi connectivity index (χ1v) is 8.48. The van der Waals surface area contributed by atoms with E-state index in [1.807, 2.05) is 0 Å². The summed E-state index contributed by atoms with van der Waals surface area (Å²) < 4.78 is 4.78. The topological polar surface area (TPSA) is 122 Å². The van der Waals surface area contributed by atoms with Gasteiger partial charge in [-0.25, -0.2) is 0 Å². The highest BCUT2D eigenvalue weighted by molar-refractivity contribution is 6.07. The number of amides is 4. The molecule has 0 spiro atoms. The van der Waals surface area contributed by atoms with Crippen LogP contribution in [0.4, 0.5) is 0 Å². The first-order valence-electron chi connectivity index (χ1n) is 8.48. The van der Waals surface area contributed by atoms with Crippen LogP contribution in [0, 0.1) is 11.8 Å². The third-order valence-corrected chi connectivity index (χ3v) is 4.40. The monoisotopic (exact) mass is 353 g/mol. The smallest absolute Gasteiger partial charge is 0.326 e. The number of esters is 1. The molecule has 0 radical (unpaired) electrons. The second-order valence-electron chi connectivity index (χ2n) is 6.15. The molecule has 0 aromatic rings. The van der Waals surface area contributed by atoms with Gasteiger partial charge in [0.05, 0.1) is 18.4 Å². The van der Waals surface area contributed by atoms with Crippen molar-refractivity contribution in [1.82, 2.24) is 15.5 Å². The maximum absolute atomic E-state index is 12.2. The molecule has 1 heterocycles. The van der Waals surface area contributed by atoms with Crippen LogP contribution in [0.15, 0.2) is 0 Å². The number of rotatable bonds is 7. The fourth-order valence-electron chi connectivity index (χ4n) is 3.20. The predicted molar refractivity (Wildman–Crippen MR) is 84.8 cm³/mol. The number of ether oxygens (including phenoxy) is 1. The van der Waals surface area contributed by atoms with Crippen molar-refractivity contribution in [2.45, 2.75) is 32.6 Å². The van der Waals surface area contributed by atoms with Crippen molar-refractivity contribution in [2.24, 2.45) is 11.8 Å². The van der Waals surface area contributed by atoms with E-state index in [4.69, 9.17) is 4.74 Å². The Balaban J connectivity index is 1.75. The van der Waals surface area contributed by atoms with Gasteiger partial charge in [0.25, 0.3) is 5.91 Å². The van der Waals surface area contributed by atoms with Gasteiger partial charge in [-0.1, -0.05) is 12.8 Å². The standard InChI is InChI=1S/C16H23N3O6/c1-2-17-12(20)7-18-13(21)9-25-14(22)8-19-15(23)10-5-3-4-6-11(10)16(19)24/h10-11H,2-9H2,1H3,(H,17,20)(H,18,21)/t10-,11+. The highest BCUT2D eigenvalue weighted by Crippen LogP contribution is 2.37. The van der Waals surface area contributed by atoms with E-state index >= 15 is 0 Å². The summed E-state index contributed by atoms with van der Waals surface area (Å²) in [4.78, 5) is 59.9. The van der Waals surface area contributed by atoms with Gasteiger partial charge in [-0.3, -0.25) is 28.9 Å². The Kier molecular flexibility index (Phi) is 6.49. The number of hydrogen-bond donors (Lipinski definition) is 2. The molecule has 1 saturated heterocycles. The number of likely N-dealkylation sites (N-methyl/N-ethyl adjacent to an activating group) is 1. The Morgan fingerprint density at radius 3 is 2.20 bits per heavy atom. The molecule has 25 heavy (non-hydrogen) atoms. The number of nitrogens with one attached hydrogen (secondary N) is 2. The molecule has 2 fully saturated rings. The van der Waals surface area contributed by atoms with E-state index in [0.717, 1.165) is 17.7 Å². The summed E-state index contributed by atoms with van der Waals surface area (Å²) in [7, 11) is 0. The van der Waals surface area contributed by atoms with Crippen LogP contribution in [0.25, 0.3) is 0 Å². The second-order valence-corrected chi connectivity index (χ2v) is 6.15. The predicted octanol–water partition coefficient (Wildman–Crippen LogP) is -1.04. The summed E-state index contributed by atoms with van der Waals surface area (Å²) >= 11 is 0. The SMILES string of the molecule is CCNC(=O)CNC(=O)COC(=O)CN1C(=O)[C@H]2CCCC[C@H]2C1=O. The van der Waals surface area contributed by atoms with Crippen molar-refractivity contribution in [3.63, 3.8) is 0 Å². The lowest BCUT2D eigenvalue weighted by atomic mass is 9.81. The summed E-state index contributed by atoms with van der Waals surface area (Å²) in [5.41, 5.74) is 0. The number of fused-ring (bicyclic) bond motifs is 1. The molecule has 0 aromatic carbocycles. The molecule has 0 aromatic heterocycles. The number of carbonyl (C=O) groups excluding carboxylic acids is 5. The summed E-state index contributed by atoms with van der Waals surface area (Å²) in [6.07, 6.45) is 3.15. The van der Waals surface area contributed by atoms with Gasteiger partial charge in [-0.05, 0) is 19.8 Å². The molecule has 1 aliphatic carbocycles. The molecule has 4 amide bonds. The zero-order chi connectivity index (χ0) is 18.4. The molecule has 2 N–H and O–H groups in total. The van der Waals surface area contributed by atoms with Gasteiger partial charge < -0.3 is 15.4 Å². The lowest BCUT2D eigenvalue weighted by molar-refractivity contribution is -0.155. The van der Waals surface area contributed by atoms with Crippen LogP contribution in [0.1, 0.15) is 32.6 Å². The molecule has 1 saturated carbocycles. The molecule has 1 aliphatic heterocycles. The third-order valence-electron chi connectivity index (χ3n) is 4.40. The van der Waals surface area contributed by atoms with E-state index in [1.165, 1.54) is 0 Å². The van der Waals surface area contributed by atoms with E-state index in [-0.39, 0.29) is 36.1 Å². The van der Waals surface area contributed by atoms with E-state index in [0.29, 0.717) is 19.4 Å². The molecule has 2 atom stereocenters. The zero-order valence-electron chi connectivity index (χ0n) is 14.2. The van der Waals surface area contributed by atoms with Crippen LogP contribution in [0.3, 0.4) is 0 Å². The van der Waals surface area contributed by atoms with Crippen LogP contribution >= 0.6 is 0 Å². The molecule has 0 bridgehead atoms. The fourth-order valence-corrected chi connectivity index (χ4v) is 3.20. The minimum absolute atomic E-state index is 0.212. The van der Waals surface area contributed by atoms with Gasteiger partial charge in [-0.15, -0.1) is 0 Å². The normalized spacial score (nSPS) is 22.4. The second kappa shape index (κ2) is 8.59. The van der Waals surface area contributed by atoms with Gasteiger partial charge in [0, 0.05) is 6.54 Å². The summed E-state index contributed by atoms with van der Waals surface area (Å²) in [6.45, 7) is 0.939. The maximum Gasteiger partial charge on any atom is 0.326 e. The average molecular weight is 353 g/mol. The van der Waals surface area contributed by atoms with Crippen molar-refractivity contribution in [3.05, 3.63) is 0 Å². The molecule has 0 unspecified atom stereocenters. The summed E-state index contributed by atoms with van der Waals surface area (Å²) in [6, 6.07) is 0. The van der Waals surface area contributed by atoms with Crippen molar-refractivity contribution < 1.29 is 28.7 Å². The highest BCUT2D eigenvalue weighted by Gasteiger charge is 2.48. The first-order chi connectivity index (χ1) is 11.9. The molecule has 9 heteroatoms. The van der Waals surface area contributed by atoms with Gasteiger partial charge >= 0.3 is 5.97 Å². The Bertz CT molecular complexity index is 552. The lowest BCUT2D eigenvalue weighted by Crippen LogP contribution is -2.40. The molecule has 9 nitrogen and oxygen atoms in total. The van der Waals surface area contributed by atoms with Crippen LogP contribution < -0.4 is 10.6 Å². The maximum atomic E-state index is 12.2. The Morgan fingerprint density at radius 2 is 1.64 bits per heavy atom. The van der Waals surface area contributed by atoms with E-state index in [9.17, 15) is 24.0 Å². The zero-order valence-corrected chi connectivity index (χ0v) is 14.2. The molecule has 2 rings (SSSR count). The van der Waals surface area contributed by atoms with Gasteiger partial charge in [0.15, 0.2) is 6.61 Å². The van der Waals surface area contributed by atoms with Gasteiger partial charge in [-0.2, -0.15) is 0 Å². The van der Waals surface area contributed by atoms with Crippen molar-refractivity contribution in [2.75, 3.05) is 26.2 Å². The number of hydrogen-bond acceptors (Lipinski definition) is 6. The molecular formula is C16H23N3O6. The average Bonchev–Trinajstić information content (AvgIpc) is 2.84. The molecule has 138 valence electrons.